The first-order valence-electron chi connectivity index (χ1n) is 5.94. The van der Waals surface area contributed by atoms with Gasteiger partial charge in [0.15, 0.2) is 0 Å². The fourth-order valence-corrected chi connectivity index (χ4v) is 2.41. The van der Waals surface area contributed by atoms with Crippen LogP contribution in [-0.4, -0.2) is 22.1 Å². The van der Waals surface area contributed by atoms with E-state index >= 15 is 0 Å². The number of carboxylic acid groups (broad SMARTS) is 1. The third kappa shape index (κ3) is 4.17. The number of aromatic carboxylic acids is 1. The van der Waals surface area contributed by atoms with Crippen molar-refractivity contribution in [1.82, 2.24) is 10.3 Å². The van der Waals surface area contributed by atoms with Crippen LogP contribution in [0.1, 0.15) is 21.1 Å². The molecule has 1 aromatic carbocycles. The molecule has 0 saturated heterocycles. The van der Waals surface area contributed by atoms with Gasteiger partial charge in [0.05, 0.1) is 28.5 Å². The summed E-state index contributed by atoms with van der Waals surface area (Å²) in [5.41, 5.74) is 0.864. The number of nitrogens with one attached hydrogen (secondary N) is 2. The Morgan fingerprint density at radius 3 is 2.81 bits per heavy atom. The predicted octanol–water partition coefficient (Wildman–Crippen LogP) is 3.12. The largest absolute Gasteiger partial charge is 0.478 e. The van der Waals surface area contributed by atoms with Crippen LogP contribution >= 0.6 is 22.9 Å². The number of benzene rings is 1. The first-order chi connectivity index (χ1) is 9.95. The van der Waals surface area contributed by atoms with Crippen LogP contribution in [-0.2, 0) is 6.54 Å². The Kier molecular flexibility index (Phi) is 4.77. The molecule has 1 aromatic heterocycles. The lowest BCUT2D eigenvalue weighted by Crippen LogP contribution is -2.29. The quantitative estimate of drug-likeness (QED) is 0.805. The molecule has 0 radical (unpaired) electrons. The third-order valence-corrected chi connectivity index (χ3v) is 3.61. The van der Waals surface area contributed by atoms with Gasteiger partial charge in [-0.3, -0.25) is 0 Å². The second-order valence-electron chi connectivity index (χ2n) is 4.16. The van der Waals surface area contributed by atoms with Crippen molar-refractivity contribution in [2.24, 2.45) is 0 Å². The van der Waals surface area contributed by atoms with Crippen molar-refractivity contribution < 1.29 is 14.7 Å². The molecule has 0 aliphatic heterocycles. The number of halogens is 1. The van der Waals surface area contributed by atoms with Crippen molar-refractivity contribution in [3.63, 3.8) is 0 Å². The third-order valence-electron chi connectivity index (χ3n) is 2.56. The van der Waals surface area contributed by atoms with Gasteiger partial charge in [0.25, 0.3) is 0 Å². The Morgan fingerprint density at radius 1 is 1.43 bits per heavy atom. The number of anilines is 1. The minimum absolute atomic E-state index is 0.0675. The van der Waals surface area contributed by atoms with Gasteiger partial charge in [0.2, 0.25) is 0 Å². The van der Waals surface area contributed by atoms with Crippen molar-refractivity contribution >= 4 is 40.6 Å². The van der Waals surface area contributed by atoms with E-state index in [0.717, 1.165) is 10.7 Å². The molecule has 0 saturated carbocycles. The molecular formula is C13H12ClN3O3S. The normalized spacial score (nSPS) is 10.2. The lowest BCUT2D eigenvalue weighted by Gasteiger charge is -2.09. The second kappa shape index (κ2) is 6.55. The van der Waals surface area contributed by atoms with Crippen molar-refractivity contribution in [3.8, 4) is 0 Å². The number of carbonyl (C=O) groups is 2. The zero-order valence-corrected chi connectivity index (χ0v) is 12.6. The number of thiazole rings is 1. The average molecular weight is 326 g/mol. The Morgan fingerprint density at radius 2 is 2.19 bits per heavy atom. The molecule has 0 atom stereocenters. The Balaban J connectivity index is 2.01. The van der Waals surface area contributed by atoms with Crippen LogP contribution in [0.4, 0.5) is 10.5 Å². The lowest BCUT2D eigenvalue weighted by molar-refractivity contribution is 0.0698. The highest BCUT2D eigenvalue weighted by atomic mass is 35.5. The maximum absolute atomic E-state index is 11.8. The fourth-order valence-electron chi connectivity index (χ4n) is 1.63. The van der Waals surface area contributed by atoms with Crippen molar-refractivity contribution in [2.75, 3.05) is 5.32 Å². The van der Waals surface area contributed by atoms with Gasteiger partial charge in [-0.15, -0.1) is 11.3 Å². The molecule has 0 bridgehead atoms. The van der Waals surface area contributed by atoms with Gasteiger partial charge in [-0.2, -0.15) is 0 Å². The van der Waals surface area contributed by atoms with E-state index in [9.17, 15) is 9.59 Å². The molecular weight excluding hydrogens is 314 g/mol. The molecule has 2 rings (SSSR count). The number of amides is 2. The number of nitrogens with zero attached hydrogens (tertiary/aromatic N) is 1. The second-order valence-corrected chi connectivity index (χ2v) is 5.66. The van der Waals surface area contributed by atoms with E-state index < -0.39 is 12.0 Å². The van der Waals surface area contributed by atoms with E-state index in [2.05, 4.69) is 15.6 Å². The number of rotatable bonds is 4. The molecule has 21 heavy (non-hydrogen) atoms. The van der Waals surface area contributed by atoms with Crippen LogP contribution in [0.15, 0.2) is 23.6 Å². The van der Waals surface area contributed by atoms with E-state index in [1.54, 1.807) is 0 Å². The monoisotopic (exact) mass is 325 g/mol. The summed E-state index contributed by atoms with van der Waals surface area (Å²) in [6.07, 6.45) is 0. The maximum Gasteiger partial charge on any atom is 0.337 e. The highest BCUT2D eigenvalue weighted by Gasteiger charge is 2.13. The average Bonchev–Trinajstić information content (AvgIpc) is 2.84. The van der Waals surface area contributed by atoms with Crippen molar-refractivity contribution in [3.05, 3.63) is 44.9 Å². The number of carbonyl (C=O) groups excluding carboxylic acids is 1. The number of aromatic nitrogens is 1. The van der Waals surface area contributed by atoms with Gasteiger partial charge < -0.3 is 15.7 Å². The molecule has 0 aliphatic rings. The summed E-state index contributed by atoms with van der Waals surface area (Å²) in [7, 11) is 0. The molecule has 0 unspecified atom stereocenters. The van der Waals surface area contributed by atoms with E-state index in [4.69, 9.17) is 16.7 Å². The summed E-state index contributed by atoms with van der Waals surface area (Å²) in [4.78, 5) is 27.1. The highest BCUT2D eigenvalue weighted by molar-refractivity contribution is 7.09. The molecule has 6 nitrogen and oxygen atoms in total. The fraction of sp³-hybridized carbons (Fsp3) is 0.154. The standard InChI is InChI=1S/C13H12ClN3O3S/c1-7-16-9(6-21-7)5-15-13(20)17-11-3-2-8(14)4-10(11)12(18)19/h2-4,6H,5H2,1H3,(H,18,19)(H2,15,17,20). The number of hydrogen-bond acceptors (Lipinski definition) is 4. The van der Waals surface area contributed by atoms with Crippen LogP contribution < -0.4 is 10.6 Å². The summed E-state index contributed by atoms with van der Waals surface area (Å²) >= 11 is 7.24. The summed E-state index contributed by atoms with van der Waals surface area (Å²) in [5.74, 6) is -1.16. The summed E-state index contributed by atoms with van der Waals surface area (Å²) in [5, 5.41) is 17.2. The SMILES string of the molecule is Cc1nc(CNC(=O)Nc2ccc(Cl)cc2C(=O)O)cs1. The maximum atomic E-state index is 11.8. The van der Waals surface area contributed by atoms with Gasteiger partial charge in [0.1, 0.15) is 0 Å². The van der Waals surface area contributed by atoms with Crippen LogP contribution in [0, 0.1) is 6.92 Å². The molecule has 2 amide bonds. The Labute approximate surface area is 129 Å². The zero-order valence-electron chi connectivity index (χ0n) is 11.0. The molecule has 0 fully saturated rings. The van der Waals surface area contributed by atoms with Crippen LogP contribution in [0.5, 0.6) is 0 Å². The zero-order chi connectivity index (χ0) is 15.4. The summed E-state index contributed by atoms with van der Waals surface area (Å²) < 4.78 is 0. The molecule has 0 spiro atoms. The van der Waals surface area contributed by atoms with Crippen molar-refractivity contribution in [2.45, 2.75) is 13.5 Å². The predicted molar refractivity (Wildman–Crippen MR) is 81.1 cm³/mol. The van der Waals surface area contributed by atoms with Gasteiger partial charge in [-0.25, -0.2) is 14.6 Å². The first-order valence-corrected chi connectivity index (χ1v) is 7.20. The number of aryl methyl sites for hydroxylation is 1. The smallest absolute Gasteiger partial charge is 0.337 e. The molecule has 2 aromatic rings. The highest BCUT2D eigenvalue weighted by Crippen LogP contribution is 2.20. The number of urea groups is 1. The Bertz CT molecular complexity index is 687. The van der Waals surface area contributed by atoms with E-state index in [1.807, 2.05) is 12.3 Å². The van der Waals surface area contributed by atoms with Gasteiger partial charge >= 0.3 is 12.0 Å². The number of carboxylic acids is 1. The molecule has 1 heterocycles. The van der Waals surface area contributed by atoms with Gasteiger partial charge in [0, 0.05) is 10.4 Å². The lowest BCUT2D eigenvalue weighted by atomic mass is 10.2. The molecule has 3 N–H and O–H groups in total. The summed E-state index contributed by atoms with van der Waals surface area (Å²) in [6.45, 7) is 2.15. The van der Waals surface area contributed by atoms with Crippen LogP contribution in [0.2, 0.25) is 5.02 Å². The van der Waals surface area contributed by atoms with Crippen molar-refractivity contribution in [1.29, 1.82) is 0 Å². The van der Waals surface area contributed by atoms with E-state index in [1.165, 1.54) is 29.5 Å². The van der Waals surface area contributed by atoms with Gasteiger partial charge in [-0.05, 0) is 25.1 Å². The number of hydrogen-bond donors (Lipinski definition) is 3. The first kappa shape index (κ1) is 15.3. The summed E-state index contributed by atoms with van der Waals surface area (Å²) in [6, 6.07) is 3.72. The molecule has 110 valence electrons. The van der Waals surface area contributed by atoms with Gasteiger partial charge in [-0.1, -0.05) is 11.6 Å². The minimum atomic E-state index is -1.16. The molecule has 8 heteroatoms. The minimum Gasteiger partial charge on any atom is -0.478 e. The topological polar surface area (TPSA) is 91.3 Å². The van der Waals surface area contributed by atoms with E-state index in [-0.39, 0.29) is 22.8 Å². The van der Waals surface area contributed by atoms with Crippen LogP contribution in [0.3, 0.4) is 0 Å². The Hall–Kier alpha value is -2.12. The molecule has 0 aliphatic carbocycles. The van der Waals surface area contributed by atoms with Crippen LogP contribution in [0.25, 0.3) is 0 Å². The van der Waals surface area contributed by atoms with E-state index in [0.29, 0.717) is 0 Å².